The monoisotopic (exact) mass is 440 g/mol. The van der Waals surface area contributed by atoms with Crippen LogP contribution in [0.1, 0.15) is 35.4 Å². The number of nitrogens with one attached hydrogen (secondary N) is 2. The summed E-state index contributed by atoms with van der Waals surface area (Å²) in [6.45, 7) is 0. The molecule has 0 amide bonds. The third kappa shape index (κ3) is 3.15. The van der Waals surface area contributed by atoms with E-state index in [1.165, 1.54) is 10.9 Å². The van der Waals surface area contributed by atoms with E-state index in [0.29, 0.717) is 28.7 Å². The maximum atomic E-state index is 13.5. The van der Waals surface area contributed by atoms with Gasteiger partial charge in [-0.1, -0.05) is 30.3 Å². The van der Waals surface area contributed by atoms with Crippen LogP contribution in [-0.2, 0) is 4.79 Å². The molecule has 2 N–H and O–H groups in total. The fraction of sp³-hybridized carbons (Fsp3) is 0.154. The van der Waals surface area contributed by atoms with E-state index in [2.05, 4.69) is 16.7 Å². The van der Waals surface area contributed by atoms with Crippen molar-refractivity contribution in [2.45, 2.75) is 24.8 Å². The Morgan fingerprint density at radius 3 is 2.56 bits per heavy atom. The number of carbonyl (C=O) groups is 1. The highest BCUT2D eigenvalue weighted by Gasteiger charge is 2.37. The second kappa shape index (κ2) is 7.50. The molecule has 2 atom stereocenters. The molecule has 0 spiro atoms. The Hall–Kier alpha value is -3.64. The molecule has 6 heteroatoms. The van der Waals surface area contributed by atoms with Crippen LogP contribution in [-0.4, -0.2) is 5.78 Å². The van der Waals surface area contributed by atoms with Crippen molar-refractivity contribution in [1.82, 2.24) is 0 Å². The number of fused-ring (bicyclic) bond motifs is 2. The van der Waals surface area contributed by atoms with Crippen LogP contribution in [0.3, 0.4) is 0 Å². The van der Waals surface area contributed by atoms with Crippen LogP contribution in [0.25, 0.3) is 11.0 Å². The zero-order valence-electron chi connectivity index (χ0n) is 17.1. The molecule has 1 aliphatic heterocycles. The molecule has 0 bridgehead atoms. The van der Waals surface area contributed by atoms with Gasteiger partial charge in [0.25, 0.3) is 0 Å². The van der Waals surface area contributed by atoms with Gasteiger partial charge in [0, 0.05) is 34.6 Å². The molecule has 0 saturated heterocycles. The van der Waals surface area contributed by atoms with Crippen LogP contribution < -0.4 is 16.1 Å². The van der Waals surface area contributed by atoms with Crippen molar-refractivity contribution in [3.8, 4) is 0 Å². The van der Waals surface area contributed by atoms with Gasteiger partial charge in [0.15, 0.2) is 11.2 Å². The van der Waals surface area contributed by atoms with E-state index in [0.717, 1.165) is 23.5 Å². The highest BCUT2D eigenvalue weighted by Crippen LogP contribution is 2.44. The maximum Gasteiger partial charge on any atom is 0.193 e. The second-order valence-corrected chi connectivity index (χ2v) is 9.17. The summed E-state index contributed by atoms with van der Waals surface area (Å²) in [6, 6.07) is 20.2. The van der Waals surface area contributed by atoms with Gasteiger partial charge in [0.05, 0.1) is 16.8 Å². The van der Waals surface area contributed by atoms with Crippen LogP contribution in [0, 0.1) is 0 Å². The summed E-state index contributed by atoms with van der Waals surface area (Å²) in [5.41, 5.74) is 3.71. The number of hydrogen-bond acceptors (Lipinski definition) is 6. The van der Waals surface area contributed by atoms with Gasteiger partial charge >= 0.3 is 0 Å². The van der Waals surface area contributed by atoms with E-state index >= 15 is 0 Å². The van der Waals surface area contributed by atoms with Crippen LogP contribution in [0.15, 0.2) is 92.6 Å². The molecule has 0 radical (unpaired) electrons. The summed E-state index contributed by atoms with van der Waals surface area (Å²) in [5.74, 6) is 0.657. The lowest BCUT2D eigenvalue weighted by atomic mass is 9.82. The van der Waals surface area contributed by atoms with Crippen molar-refractivity contribution in [3.63, 3.8) is 0 Å². The van der Waals surface area contributed by atoms with E-state index in [1.54, 1.807) is 23.5 Å². The molecule has 3 heterocycles. The van der Waals surface area contributed by atoms with Crippen LogP contribution in [0.2, 0.25) is 0 Å². The van der Waals surface area contributed by atoms with Gasteiger partial charge in [-0.15, -0.1) is 11.3 Å². The largest absolute Gasteiger partial charge is 0.458 e. The molecule has 0 saturated carbocycles. The molecule has 32 heavy (non-hydrogen) atoms. The first-order chi connectivity index (χ1) is 15.7. The Labute approximate surface area is 188 Å². The van der Waals surface area contributed by atoms with Gasteiger partial charge in [-0.05, 0) is 42.1 Å². The van der Waals surface area contributed by atoms with Gasteiger partial charge in [-0.2, -0.15) is 0 Å². The van der Waals surface area contributed by atoms with E-state index in [4.69, 9.17) is 4.42 Å². The van der Waals surface area contributed by atoms with Gasteiger partial charge < -0.3 is 15.1 Å². The molecule has 4 aromatic rings. The number of allylic oxidation sites excluding steroid dienone is 1. The van der Waals surface area contributed by atoms with E-state index < -0.39 is 6.04 Å². The zero-order chi connectivity index (χ0) is 21.7. The number of benzene rings is 2. The topological polar surface area (TPSA) is 71.3 Å². The Bertz CT molecular complexity index is 1430. The molecular formula is C26H20N2O3S. The van der Waals surface area contributed by atoms with Gasteiger partial charge in [-0.25, -0.2) is 0 Å². The highest BCUT2D eigenvalue weighted by molar-refractivity contribution is 7.10. The number of hydrogen-bond donors (Lipinski definition) is 2. The summed E-state index contributed by atoms with van der Waals surface area (Å²) < 4.78 is 6.17. The van der Waals surface area contributed by atoms with Crippen molar-refractivity contribution >= 4 is 39.5 Å². The van der Waals surface area contributed by atoms with Crippen molar-refractivity contribution in [1.29, 1.82) is 0 Å². The molecule has 2 aliphatic rings. The fourth-order valence-electron chi connectivity index (χ4n) is 4.70. The summed E-state index contributed by atoms with van der Waals surface area (Å²) in [4.78, 5) is 27.6. The zero-order valence-corrected chi connectivity index (χ0v) is 17.9. The van der Waals surface area contributed by atoms with Crippen molar-refractivity contribution in [2.24, 2.45) is 0 Å². The quantitative estimate of drug-likeness (QED) is 0.410. The lowest BCUT2D eigenvalue weighted by Crippen LogP contribution is -2.27. The first-order valence-electron chi connectivity index (χ1n) is 10.6. The first kappa shape index (κ1) is 19.1. The molecule has 2 aromatic heterocycles. The Morgan fingerprint density at radius 1 is 0.906 bits per heavy atom. The van der Waals surface area contributed by atoms with E-state index in [-0.39, 0.29) is 17.1 Å². The SMILES string of the molecule is O=C1C[C@@H](c2cccs2)CC2=C1[C@H](c1cc(=O)c3ccccc3o1)Nc1ccccc1N2. The third-order valence-corrected chi connectivity index (χ3v) is 7.23. The number of ketones is 1. The number of Topliss-reactive ketones (excluding diaryl/α,β-unsaturated/α-hetero) is 1. The van der Waals surface area contributed by atoms with Crippen LogP contribution >= 0.6 is 11.3 Å². The minimum absolute atomic E-state index is 0.0678. The summed E-state index contributed by atoms with van der Waals surface area (Å²) >= 11 is 1.68. The fourth-order valence-corrected chi connectivity index (χ4v) is 5.53. The summed E-state index contributed by atoms with van der Waals surface area (Å²) in [7, 11) is 0. The third-order valence-electron chi connectivity index (χ3n) is 6.19. The lowest BCUT2D eigenvalue weighted by Gasteiger charge is -2.28. The minimum Gasteiger partial charge on any atom is -0.458 e. The average Bonchev–Trinajstić information content (AvgIpc) is 3.28. The van der Waals surface area contributed by atoms with Gasteiger partial charge in [-0.3, -0.25) is 9.59 Å². The number of anilines is 2. The van der Waals surface area contributed by atoms with Gasteiger partial charge in [0.2, 0.25) is 0 Å². The lowest BCUT2D eigenvalue weighted by molar-refractivity contribution is -0.116. The molecular weight excluding hydrogens is 420 g/mol. The molecule has 5 nitrogen and oxygen atoms in total. The normalized spacial score (nSPS) is 20.2. The summed E-state index contributed by atoms with van der Waals surface area (Å²) in [5, 5.41) is 9.57. The molecule has 158 valence electrons. The Balaban J connectivity index is 1.53. The number of para-hydroxylation sites is 3. The van der Waals surface area contributed by atoms with Crippen LogP contribution in [0.5, 0.6) is 0 Å². The number of carbonyl (C=O) groups excluding carboxylic acids is 1. The van der Waals surface area contributed by atoms with Crippen molar-refractivity contribution < 1.29 is 9.21 Å². The predicted octanol–water partition coefficient (Wildman–Crippen LogP) is 5.83. The molecule has 0 fully saturated rings. The Kier molecular flexibility index (Phi) is 4.47. The molecule has 6 rings (SSSR count). The van der Waals surface area contributed by atoms with E-state index in [1.807, 2.05) is 47.8 Å². The van der Waals surface area contributed by atoms with E-state index in [9.17, 15) is 9.59 Å². The maximum absolute atomic E-state index is 13.5. The molecule has 1 aliphatic carbocycles. The number of rotatable bonds is 2. The molecule has 2 aromatic carbocycles. The van der Waals surface area contributed by atoms with Crippen LogP contribution in [0.4, 0.5) is 11.4 Å². The van der Waals surface area contributed by atoms with Gasteiger partial charge in [0.1, 0.15) is 17.4 Å². The minimum atomic E-state index is -0.546. The average molecular weight is 441 g/mol. The highest BCUT2D eigenvalue weighted by atomic mass is 32.1. The Morgan fingerprint density at radius 2 is 1.72 bits per heavy atom. The van der Waals surface area contributed by atoms with Crippen molar-refractivity contribution in [3.05, 3.63) is 104 Å². The molecule has 0 unspecified atom stereocenters. The standard InChI is InChI=1S/C26H20N2O3S/c29-20-14-23(31-22-9-4-1-6-16(20)22)26-25-19(27-17-7-2-3-8-18(17)28-26)12-15(13-21(25)30)24-10-5-11-32-24/h1-11,14-15,26-28H,12-13H2/t15-,26-/m0/s1. The summed E-state index contributed by atoms with van der Waals surface area (Å²) in [6.07, 6.45) is 1.17. The van der Waals surface area contributed by atoms with Crippen molar-refractivity contribution in [2.75, 3.05) is 10.6 Å². The smallest absolute Gasteiger partial charge is 0.193 e. The predicted molar refractivity (Wildman–Crippen MR) is 127 cm³/mol. The number of thiophene rings is 1. The second-order valence-electron chi connectivity index (χ2n) is 8.19. The first-order valence-corrected chi connectivity index (χ1v) is 11.5.